The van der Waals surface area contributed by atoms with E-state index < -0.39 is 0 Å². The molecule has 0 aliphatic heterocycles. The van der Waals surface area contributed by atoms with E-state index in [1.54, 1.807) is 17.4 Å². The number of benzene rings is 1. The van der Waals surface area contributed by atoms with Crippen LogP contribution >= 0.6 is 11.3 Å². The first-order chi connectivity index (χ1) is 8.26. The minimum Gasteiger partial charge on any atom is -0.494 e. The second-order valence-electron chi connectivity index (χ2n) is 3.67. The molecule has 2 nitrogen and oxygen atoms in total. The molecule has 1 aromatic carbocycles. The monoisotopic (exact) mass is 251 g/mol. The zero-order valence-electron chi connectivity index (χ0n) is 9.74. The maximum absolute atomic E-state index is 13.6. The molecule has 17 heavy (non-hydrogen) atoms. The van der Waals surface area contributed by atoms with Gasteiger partial charge in [-0.15, -0.1) is 0 Å². The first-order valence-electron chi connectivity index (χ1n) is 5.29. The predicted octanol–water partition coefficient (Wildman–Crippen LogP) is 3.20. The summed E-state index contributed by atoms with van der Waals surface area (Å²) in [5.41, 5.74) is 2.03. The Morgan fingerprint density at radius 2 is 2.12 bits per heavy atom. The lowest BCUT2D eigenvalue weighted by Crippen LogP contribution is -2.17. The molecule has 1 N–H and O–H groups in total. The Balaban J connectivity index is 2.35. The fraction of sp³-hybridized carbons (Fsp3) is 0.231. The normalized spacial score (nSPS) is 12.4. The summed E-state index contributed by atoms with van der Waals surface area (Å²) in [6.07, 6.45) is 0. The lowest BCUT2D eigenvalue weighted by Gasteiger charge is -2.16. The van der Waals surface area contributed by atoms with Crippen LogP contribution in [0.3, 0.4) is 0 Å². The Kier molecular flexibility index (Phi) is 3.76. The Morgan fingerprint density at radius 3 is 2.65 bits per heavy atom. The van der Waals surface area contributed by atoms with E-state index in [-0.39, 0.29) is 17.6 Å². The minimum absolute atomic E-state index is 0.0154. The second-order valence-corrected chi connectivity index (χ2v) is 4.45. The molecule has 0 aliphatic rings. The van der Waals surface area contributed by atoms with Crippen molar-refractivity contribution in [2.45, 2.75) is 6.04 Å². The van der Waals surface area contributed by atoms with Gasteiger partial charge in [-0.25, -0.2) is 4.39 Å². The average molecular weight is 251 g/mol. The van der Waals surface area contributed by atoms with Gasteiger partial charge in [-0.3, -0.25) is 0 Å². The molecule has 0 fully saturated rings. The van der Waals surface area contributed by atoms with Gasteiger partial charge in [0.2, 0.25) is 0 Å². The lowest BCUT2D eigenvalue weighted by atomic mass is 10.0. The number of hydrogen-bond acceptors (Lipinski definition) is 3. The number of halogens is 1. The van der Waals surface area contributed by atoms with Gasteiger partial charge in [0.25, 0.3) is 0 Å². The molecule has 90 valence electrons. The van der Waals surface area contributed by atoms with E-state index in [1.807, 2.05) is 24.6 Å². The summed E-state index contributed by atoms with van der Waals surface area (Å²) in [5, 5.41) is 7.26. The maximum atomic E-state index is 13.6. The summed E-state index contributed by atoms with van der Waals surface area (Å²) in [4.78, 5) is 0. The van der Waals surface area contributed by atoms with Crippen LogP contribution in [-0.2, 0) is 0 Å². The predicted molar refractivity (Wildman–Crippen MR) is 68.2 cm³/mol. The number of methoxy groups -OCH3 is 1. The van der Waals surface area contributed by atoms with E-state index in [9.17, 15) is 4.39 Å². The van der Waals surface area contributed by atoms with Crippen LogP contribution < -0.4 is 10.1 Å². The molecule has 0 radical (unpaired) electrons. The summed E-state index contributed by atoms with van der Waals surface area (Å²) >= 11 is 1.63. The van der Waals surface area contributed by atoms with Crippen LogP contribution in [0.5, 0.6) is 5.75 Å². The minimum atomic E-state index is -0.333. The number of hydrogen-bond donors (Lipinski definition) is 1. The van der Waals surface area contributed by atoms with Crippen LogP contribution in [0.1, 0.15) is 17.2 Å². The van der Waals surface area contributed by atoms with E-state index in [4.69, 9.17) is 4.74 Å². The zero-order chi connectivity index (χ0) is 12.3. The van der Waals surface area contributed by atoms with Crippen LogP contribution in [0.25, 0.3) is 0 Å². The molecular formula is C13H14FNOS. The van der Waals surface area contributed by atoms with E-state index in [0.29, 0.717) is 0 Å². The standard InChI is InChI=1S/C13H14FNOS/c1-15-13(10-5-6-17-8-10)9-3-4-12(16-2)11(14)7-9/h3-8,13,15H,1-2H3. The van der Waals surface area contributed by atoms with Gasteiger partial charge in [-0.1, -0.05) is 6.07 Å². The molecule has 1 unspecified atom stereocenters. The highest BCUT2D eigenvalue weighted by molar-refractivity contribution is 7.08. The fourth-order valence-corrected chi connectivity index (χ4v) is 2.51. The van der Waals surface area contributed by atoms with Crippen molar-refractivity contribution >= 4 is 11.3 Å². The van der Waals surface area contributed by atoms with Gasteiger partial charge in [0.1, 0.15) is 0 Å². The summed E-state index contributed by atoms with van der Waals surface area (Å²) in [5.74, 6) is -0.0607. The van der Waals surface area contributed by atoms with Crippen molar-refractivity contribution in [3.05, 3.63) is 52.0 Å². The van der Waals surface area contributed by atoms with Crippen LogP contribution in [0.15, 0.2) is 35.0 Å². The highest BCUT2D eigenvalue weighted by Crippen LogP contribution is 2.27. The van der Waals surface area contributed by atoms with E-state index in [1.165, 1.54) is 13.2 Å². The molecule has 0 bridgehead atoms. The zero-order valence-corrected chi connectivity index (χ0v) is 10.6. The third-order valence-corrected chi connectivity index (χ3v) is 3.38. The van der Waals surface area contributed by atoms with Crippen molar-refractivity contribution in [1.82, 2.24) is 5.32 Å². The summed E-state index contributed by atoms with van der Waals surface area (Å²) < 4.78 is 18.5. The SMILES string of the molecule is CNC(c1ccsc1)c1ccc(OC)c(F)c1. The Hall–Kier alpha value is -1.39. The first-order valence-corrected chi connectivity index (χ1v) is 6.23. The highest BCUT2D eigenvalue weighted by atomic mass is 32.1. The van der Waals surface area contributed by atoms with Crippen LogP contribution in [0.2, 0.25) is 0 Å². The van der Waals surface area contributed by atoms with Crippen molar-refractivity contribution < 1.29 is 9.13 Å². The third kappa shape index (κ3) is 2.48. The molecule has 0 spiro atoms. The first kappa shape index (κ1) is 12.1. The van der Waals surface area contributed by atoms with Crippen molar-refractivity contribution in [2.75, 3.05) is 14.2 Å². The topological polar surface area (TPSA) is 21.3 Å². The molecular weight excluding hydrogens is 237 g/mol. The Bertz CT molecular complexity index is 484. The van der Waals surface area contributed by atoms with Crippen LogP contribution in [0.4, 0.5) is 4.39 Å². The van der Waals surface area contributed by atoms with Crippen LogP contribution in [0, 0.1) is 5.82 Å². The van der Waals surface area contributed by atoms with Gasteiger partial charge >= 0.3 is 0 Å². The van der Waals surface area contributed by atoms with Gasteiger partial charge in [-0.2, -0.15) is 11.3 Å². The smallest absolute Gasteiger partial charge is 0.165 e. The molecule has 0 amide bonds. The van der Waals surface area contributed by atoms with Crippen molar-refractivity contribution in [3.63, 3.8) is 0 Å². The fourth-order valence-electron chi connectivity index (χ4n) is 1.83. The van der Waals surface area contributed by atoms with E-state index >= 15 is 0 Å². The Labute approximate surface area is 104 Å². The number of thiophene rings is 1. The van der Waals surface area contributed by atoms with Gasteiger partial charge in [0.05, 0.1) is 13.2 Å². The largest absolute Gasteiger partial charge is 0.494 e. The third-order valence-electron chi connectivity index (χ3n) is 2.67. The number of nitrogens with one attached hydrogen (secondary N) is 1. The van der Waals surface area contributed by atoms with Crippen LogP contribution in [-0.4, -0.2) is 14.2 Å². The summed E-state index contributed by atoms with van der Waals surface area (Å²) in [6.45, 7) is 0. The highest BCUT2D eigenvalue weighted by Gasteiger charge is 2.14. The van der Waals surface area contributed by atoms with E-state index in [0.717, 1.165) is 11.1 Å². The van der Waals surface area contributed by atoms with Gasteiger partial charge < -0.3 is 10.1 Å². The summed E-state index contributed by atoms with van der Waals surface area (Å²) in [7, 11) is 3.33. The van der Waals surface area contributed by atoms with Gasteiger partial charge in [-0.05, 0) is 47.1 Å². The molecule has 0 aliphatic carbocycles. The molecule has 2 rings (SSSR count). The summed E-state index contributed by atoms with van der Waals surface area (Å²) in [6, 6.07) is 7.09. The maximum Gasteiger partial charge on any atom is 0.165 e. The quantitative estimate of drug-likeness (QED) is 0.901. The molecule has 1 heterocycles. The molecule has 1 aromatic heterocycles. The molecule has 0 saturated heterocycles. The Morgan fingerprint density at radius 1 is 1.29 bits per heavy atom. The van der Waals surface area contributed by atoms with E-state index in [2.05, 4.69) is 10.7 Å². The molecule has 4 heteroatoms. The van der Waals surface area contributed by atoms with Gasteiger partial charge in [0, 0.05) is 0 Å². The van der Waals surface area contributed by atoms with Crippen molar-refractivity contribution in [1.29, 1.82) is 0 Å². The average Bonchev–Trinajstić information content (AvgIpc) is 2.84. The number of rotatable bonds is 4. The van der Waals surface area contributed by atoms with Crippen molar-refractivity contribution in [3.8, 4) is 5.75 Å². The molecule has 0 saturated carbocycles. The lowest BCUT2D eigenvalue weighted by molar-refractivity contribution is 0.386. The van der Waals surface area contributed by atoms with Gasteiger partial charge in [0.15, 0.2) is 11.6 Å². The van der Waals surface area contributed by atoms with Crippen molar-refractivity contribution in [2.24, 2.45) is 0 Å². The molecule has 2 aromatic rings. The molecule has 1 atom stereocenters. The second kappa shape index (κ2) is 5.29. The number of ether oxygens (including phenoxy) is 1.